The molecule has 0 bridgehead atoms. The Morgan fingerprint density at radius 1 is 1.00 bits per heavy atom. The Labute approximate surface area is 81.3 Å². The lowest BCUT2D eigenvalue weighted by atomic mass is 10.1. The molecule has 0 saturated carbocycles. The van der Waals surface area contributed by atoms with Crippen LogP contribution in [0, 0.1) is 0 Å². The van der Waals surface area contributed by atoms with Crippen LogP contribution in [0.25, 0.3) is 0 Å². The van der Waals surface area contributed by atoms with Crippen LogP contribution >= 0.6 is 0 Å². The zero-order chi connectivity index (χ0) is 8.93. The average Bonchev–Trinajstić information content (AvgIpc) is 2.85. The van der Waals surface area contributed by atoms with Crippen molar-refractivity contribution in [3.8, 4) is 0 Å². The van der Waals surface area contributed by atoms with Crippen LogP contribution in [-0.2, 0) is 4.74 Å². The highest BCUT2D eigenvalue weighted by atomic mass is 16.6. The molecule has 2 aliphatic heterocycles. The van der Waals surface area contributed by atoms with Crippen molar-refractivity contribution in [3.05, 3.63) is 0 Å². The average molecular weight is 183 g/mol. The Hall–Kier alpha value is -0.0800. The first-order valence-electron chi connectivity index (χ1n) is 5.79. The van der Waals surface area contributed by atoms with Crippen LogP contribution in [0.3, 0.4) is 0 Å². The minimum absolute atomic E-state index is 0.616. The smallest absolute Gasteiger partial charge is 0.0822 e. The van der Waals surface area contributed by atoms with E-state index < -0.39 is 0 Å². The number of hydrogen-bond acceptors (Lipinski definition) is 2. The fraction of sp³-hybridized carbons (Fsp3) is 1.00. The molecule has 0 radical (unpaired) electrons. The molecule has 0 aromatic heterocycles. The Morgan fingerprint density at radius 2 is 1.62 bits per heavy atom. The van der Waals surface area contributed by atoms with E-state index in [4.69, 9.17) is 4.74 Å². The van der Waals surface area contributed by atoms with Crippen molar-refractivity contribution in [2.24, 2.45) is 0 Å². The number of epoxide rings is 1. The van der Waals surface area contributed by atoms with Gasteiger partial charge >= 0.3 is 0 Å². The zero-order valence-corrected chi connectivity index (χ0v) is 8.50. The van der Waals surface area contributed by atoms with E-state index in [1.165, 1.54) is 58.2 Å². The summed E-state index contributed by atoms with van der Waals surface area (Å²) in [6.45, 7) is 4.94. The third-order valence-electron chi connectivity index (χ3n) is 3.12. The summed E-state index contributed by atoms with van der Waals surface area (Å²) in [5, 5.41) is 0. The monoisotopic (exact) mass is 183 g/mol. The molecule has 0 aromatic rings. The van der Waals surface area contributed by atoms with Crippen LogP contribution in [0.5, 0.6) is 0 Å². The lowest BCUT2D eigenvalue weighted by Crippen LogP contribution is -2.29. The van der Waals surface area contributed by atoms with E-state index in [9.17, 15) is 0 Å². The summed E-state index contributed by atoms with van der Waals surface area (Å²) in [7, 11) is 0. The number of rotatable bonds is 3. The predicted octanol–water partition coefficient (Wildman–Crippen LogP) is 2.04. The number of hydrogen-bond donors (Lipinski definition) is 0. The van der Waals surface area contributed by atoms with Gasteiger partial charge in [0.15, 0.2) is 0 Å². The van der Waals surface area contributed by atoms with Crippen molar-refractivity contribution < 1.29 is 4.74 Å². The second-order valence-electron chi connectivity index (χ2n) is 4.35. The highest BCUT2D eigenvalue weighted by Gasteiger charge is 2.22. The van der Waals surface area contributed by atoms with E-state index in [-0.39, 0.29) is 0 Å². The zero-order valence-electron chi connectivity index (χ0n) is 8.50. The highest BCUT2D eigenvalue weighted by molar-refractivity contribution is 4.72. The van der Waals surface area contributed by atoms with E-state index in [0.29, 0.717) is 6.10 Å². The van der Waals surface area contributed by atoms with Crippen molar-refractivity contribution in [1.82, 2.24) is 4.90 Å². The highest BCUT2D eigenvalue weighted by Crippen LogP contribution is 2.16. The van der Waals surface area contributed by atoms with Crippen molar-refractivity contribution in [2.75, 3.05) is 26.2 Å². The maximum absolute atomic E-state index is 5.23. The largest absolute Gasteiger partial charge is 0.373 e. The molecule has 1 unspecified atom stereocenters. The number of nitrogens with zero attached hydrogens (tertiary/aromatic N) is 1. The van der Waals surface area contributed by atoms with Gasteiger partial charge in [-0.15, -0.1) is 0 Å². The van der Waals surface area contributed by atoms with E-state index in [2.05, 4.69) is 4.90 Å². The van der Waals surface area contributed by atoms with Gasteiger partial charge in [-0.05, 0) is 32.4 Å². The van der Waals surface area contributed by atoms with Crippen LogP contribution in [0.15, 0.2) is 0 Å². The van der Waals surface area contributed by atoms with Crippen LogP contribution in [0.1, 0.15) is 38.5 Å². The van der Waals surface area contributed by atoms with Gasteiger partial charge in [-0.2, -0.15) is 0 Å². The van der Waals surface area contributed by atoms with Crippen molar-refractivity contribution in [1.29, 1.82) is 0 Å². The van der Waals surface area contributed by atoms with Gasteiger partial charge in [0.2, 0.25) is 0 Å². The van der Waals surface area contributed by atoms with Gasteiger partial charge in [-0.1, -0.05) is 19.3 Å². The van der Waals surface area contributed by atoms with Gasteiger partial charge in [0.1, 0.15) is 0 Å². The van der Waals surface area contributed by atoms with E-state index in [1.54, 1.807) is 0 Å². The maximum atomic E-state index is 5.23. The molecule has 2 fully saturated rings. The summed E-state index contributed by atoms with van der Waals surface area (Å²) in [5.41, 5.74) is 0. The molecule has 1 atom stereocenters. The molecule has 13 heavy (non-hydrogen) atoms. The molecule has 0 spiro atoms. The molecular formula is C11H21NO. The van der Waals surface area contributed by atoms with Crippen LogP contribution < -0.4 is 0 Å². The number of ether oxygens (including phenoxy) is 1. The first-order chi connectivity index (χ1) is 6.45. The van der Waals surface area contributed by atoms with Gasteiger partial charge < -0.3 is 9.64 Å². The Kier molecular flexibility index (Phi) is 3.62. The fourth-order valence-electron chi connectivity index (χ4n) is 2.10. The van der Waals surface area contributed by atoms with Crippen molar-refractivity contribution >= 4 is 0 Å². The summed E-state index contributed by atoms with van der Waals surface area (Å²) in [6.07, 6.45) is 9.04. The van der Waals surface area contributed by atoms with Crippen LogP contribution in [0.2, 0.25) is 0 Å². The first-order valence-corrected chi connectivity index (χ1v) is 5.79. The molecule has 2 nitrogen and oxygen atoms in total. The van der Waals surface area contributed by atoms with Crippen molar-refractivity contribution in [3.63, 3.8) is 0 Å². The van der Waals surface area contributed by atoms with Gasteiger partial charge in [0.05, 0.1) is 12.7 Å². The summed E-state index contributed by atoms with van der Waals surface area (Å²) in [6, 6.07) is 0. The molecule has 0 amide bonds. The van der Waals surface area contributed by atoms with Crippen molar-refractivity contribution in [2.45, 2.75) is 44.6 Å². The third kappa shape index (κ3) is 3.65. The second kappa shape index (κ2) is 4.97. The molecule has 0 aliphatic carbocycles. The molecule has 2 saturated heterocycles. The summed E-state index contributed by atoms with van der Waals surface area (Å²) >= 11 is 0. The number of likely N-dealkylation sites (tertiary alicyclic amines) is 1. The summed E-state index contributed by atoms with van der Waals surface area (Å²) in [4.78, 5) is 2.63. The summed E-state index contributed by atoms with van der Waals surface area (Å²) in [5.74, 6) is 0. The minimum atomic E-state index is 0.616. The quantitative estimate of drug-likeness (QED) is 0.622. The second-order valence-corrected chi connectivity index (χ2v) is 4.35. The predicted molar refractivity (Wildman–Crippen MR) is 53.9 cm³/mol. The first kappa shape index (κ1) is 9.47. The Bertz CT molecular complexity index is 137. The van der Waals surface area contributed by atoms with E-state index in [0.717, 1.165) is 6.61 Å². The lowest BCUT2D eigenvalue weighted by Gasteiger charge is -2.23. The third-order valence-corrected chi connectivity index (χ3v) is 3.12. The minimum Gasteiger partial charge on any atom is -0.373 e. The standard InChI is InChI=1S/C11H21NO/c1-2-4-7-12(8-5-3-1)9-6-11-10-13-11/h11H,1-10H2. The van der Waals surface area contributed by atoms with E-state index in [1.807, 2.05) is 0 Å². The maximum Gasteiger partial charge on any atom is 0.0822 e. The van der Waals surface area contributed by atoms with Crippen LogP contribution in [0.4, 0.5) is 0 Å². The molecule has 2 heteroatoms. The Morgan fingerprint density at radius 3 is 2.23 bits per heavy atom. The van der Waals surface area contributed by atoms with Gasteiger partial charge in [0.25, 0.3) is 0 Å². The SMILES string of the molecule is C1CCCN(CCC2CO2)CCC1. The van der Waals surface area contributed by atoms with Crippen LogP contribution in [-0.4, -0.2) is 37.2 Å². The van der Waals surface area contributed by atoms with Gasteiger partial charge in [-0.25, -0.2) is 0 Å². The molecule has 2 aliphatic rings. The van der Waals surface area contributed by atoms with Gasteiger partial charge in [0, 0.05) is 6.54 Å². The van der Waals surface area contributed by atoms with E-state index >= 15 is 0 Å². The molecule has 0 aromatic carbocycles. The lowest BCUT2D eigenvalue weighted by molar-refractivity contribution is 0.234. The fourth-order valence-corrected chi connectivity index (χ4v) is 2.10. The topological polar surface area (TPSA) is 15.8 Å². The normalized spacial score (nSPS) is 30.9. The van der Waals surface area contributed by atoms with Gasteiger partial charge in [-0.3, -0.25) is 0 Å². The summed E-state index contributed by atoms with van der Waals surface area (Å²) < 4.78 is 5.23. The molecule has 0 N–H and O–H groups in total. The molecule has 2 rings (SSSR count). The Balaban J connectivity index is 1.62. The molecular weight excluding hydrogens is 162 g/mol. The molecule has 2 heterocycles. The molecule has 76 valence electrons.